The molecule has 0 spiro atoms. The third-order valence-corrected chi connectivity index (χ3v) is 2.82. The lowest BCUT2D eigenvalue weighted by Crippen LogP contribution is -2.53. The van der Waals surface area contributed by atoms with Crippen LogP contribution in [0.1, 0.15) is 32.3 Å². The van der Waals surface area contributed by atoms with Crippen molar-refractivity contribution in [1.82, 2.24) is 4.98 Å². The van der Waals surface area contributed by atoms with Crippen LogP contribution in [-0.2, 0) is 5.54 Å². The van der Waals surface area contributed by atoms with Crippen LogP contribution in [0.25, 0.3) is 0 Å². The van der Waals surface area contributed by atoms with E-state index in [1.54, 1.807) is 6.20 Å². The van der Waals surface area contributed by atoms with Gasteiger partial charge in [0, 0.05) is 17.9 Å². The molecule has 1 aromatic heterocycles. The second-order valence-electron chi connectivity index (χ2n) is 4.92. The van der Waals surface area contributed by atoms with E-state index < -0.39 is 0 Å². The van der Waals surface area contributed by atoms with E-state index in [1.807, 2.05) is 12.3 Å². The molecular formula is C11H16N2. The Bertz CT molecular complexity index is 295. The Hall–Kier alpha value is -0.890. The molecule has 13 heavy (non-hydrogen) atoms. The van der Waals surface area contributed by atoms with Crippen molar-refractivity contribution in [1.29, 1.82) is 0 Å². The molecule has 1 fully saturated rings. The van der Waals surface area contributed by atoms with Crippen molar-refractivity contribution in [3.63, 3.8) is 0 Å². The first kappa shape index (κ1) is 8.70. The molecular weight excluding hydrogens is 160 g/mol. The minimum absolute atomic E-state index is 0.113. The average molecular weight is 176 g/mol. The van der Waals surface area contributed by atoms with Gasteiger partial charge in [0.05, 0.1) is 0 Å². The van der Waals surface area contributed by atoms with Gasteiger partial charge >= 0.3 is 0 Å². The smallest absolute Gasteiger partial charge is 0.0435 e. The van der Waals surface area contributed by atoms with E-state index in [9.17, 15) is 0 Å². The van der Waals surface area contributed by atoms with Crippen molar-refractivity contribution < 1.29 is 0 Å². The topological polar surface area (TPSA) is 38.9 Å². The third kappa shape index (κ3) is 1.46. The Morgan fingerprint density at radius 3 is 2.54 bits per heavy atom. The minimum Gasteiger partial charge on any atom is -0.321 e. The van der Waals surface area contributed by atoms with Crippen LogP contribution in [0.3, 0.4) is 0 Å². The van der Waals surface area contributed by atoms with Crippen LogP contribution in [0.5, 0.6) is 0 Å². The summed E-state index contributed by atoms with van der Waals surface area (Å²) in [5.74, 6) is 0. The molecule has 0 aromatic carbocycles. The lowest BCUT2D eigenvalue weighted by Gasteiger charge is -2.51. The summed E-state index contributed by atoms with van der Waals surface area (Å²) in [7, 11) is 0. The first-order valence-electron chi connectivity index (χ1n) is 4.71. The lowest BCUT2D eigenvalue weighted by molar-refractivity contribution is 0.0616. The molecule has 0 aliphatic heterocycles. The van der Waals surface area contributed by atoms with Gasteiger partial charge in [-0.2, -0.15) is 0 Å². The fourth-order valence-corrected chi connectivity index (χ4v) is 2.52. The Morgan fingerprint density at radius 2 is 2.08 bits per heavy atom. The minimum atomic E-state index is -0.113. The molecule has 0 bridgehead atoms. The molecule has 2 rings (SSSR count). The Labute approximate surface area is 79.2 Å². The highest BCUT2D eigenvalue weighted by molar-refractivity contribution is 5.25. The quantitative estimate of drug-likeness (QED) is 0.711. The molecule has 0 saturated heterocycles. The molecule has 1 aliphatic rings. The highest BCUT2D eigenvalue weighted by atomic mass is 14.8. The Balaban J connectivity index is 2.21. The molecule has 2 N–H and O–H groups in total. The van der Waals surface area contributed by atoms with Crippen LogP contribution >= 0.6 is 0 Å². The van der Waals surface area contributed by atoms with E-state index in [4.69, 9.17) is 5.73 Å². The van der Waals surface area contributed by atoms with Crippen LogP contribution in [-0.4, -0.2) is 4.98 Å². The summed E-state index contributed by atoms with van der Waals surface area (Å²) in [6.07, 6.45) is 5.79. The van der Waals surface area contributed by atoms with Gasteiger partial charge in [-0.05, 0) is 29.9 Å². The maximum absolute atomic E-state index is 6.26. The van der Waals surface area contributed by atoms with Gasteiger partial charge in [0.15, 0.2) is 0 Å². The number of nitrogens with zero attached hydrogens (tertiary/aromatic N) is 1. The second-order valence-corrected chi connectivity index (χ2v) is 4.92. The number of pyridine rings is 1. The highest BCUT2D eigenvalue weighted by Gasteiger charge is 2.47. The zero-order chi connectivity index (χ0) is 9.53. The van der Waals surface area contributed by atoms with Crippen LogP contribution in [0.2, 0.25) is 0 Å². The van der Waals surface area contributed by atoms with E-state index in [0.717, 1.165) is 12.8 Å². The molecule has 2 heteroatoms. The summed E-state index contributed by atoms with van der Waals surface area (Å²) in [5, 5.41) is 0. The Kier molecular flexibility index (Phi) is 1.70. The van der Waals surface area contributed by atoms with Gasteiger partial charge in [-0.25, -0.2) is 0 Å². The van der Waals surface area contributed by atoms with Gasteiger partial charge < -0.3 is 5.73 Å². The molecule has 2 nitrogen and oxygen atoms in total. The number of rotatable bonds is 1. The summed E-state index contributed by atoms with van der Waals surface area (Å²) in [6.45, 7) is 4.52. The zero-order valence-electron chi connectivity index (χ0n) is 8.25. The molecule has 70 valence electrons. The van der Waals surface area contributed by atoms with Crippen LogP contribution in [0, 0.1) is 5.41 Å². The fourth-order valence-electron chi connectivity index (χ4n) is 2.52. The van der Waals surface area contributed by atoms with Gasteiger partial charge in [-0.1, -0.05) is 19.9 Å². The van der Waals surface area contributed by atoms with Crippen molar-refractivity contribution in [3.05, 3.63) is 30.1 Å². The second kappa shape index (κ2) is 2.55. The van der Waals surface area contributed by atoms with Gasteiger partial charge in [0.1, 0.15) is 0 Å². The normalized spacial score (nSPS) is 23.6. The van der Waals surface area contributed by atoms with Crippen LogP contribution < -0.4 is 5.73 Å². The first-order chi connectivity index (χ1) is 6.02. The van der Waals surface area contributed by atoms with E-state index in [1.165, 1.54) is 5.56 Å². The van der Waals surface area contributed by atoms with Gasteiger partial charge in [-0.15, -0.1) is 0 Å². The molecule has 0 unspecified atom stereocenters. The van der Waals surface area contributed by atoms with Crippen molar-refractivity contribution in [2.24, 2.45) is 11.1 Å². The van der Waals surface area contributed by atoms with Crippen molar-refractivity contribution >= 4 is 0 Å². The van der Waals surface area contributed by atoms with Crippen LogP contribution in [0.15, 0.2) is 24.5 Å². The third-order valence-electron chi connectivity index (χ3n) is 2.82. The molecule has 0 radical (unpaired) electrons. The monoisotopic (exact) mass is 176 g/mol. The molecule has 1 saturated carbocycles. The van der Waals surface area contributed by atoms with E-state index >= 15 is 0 Å². The summed E-state index contributed by atoms with van der Waals surface area (Å²) in [5.41, 5.74) is 7.73. The predicted molar refractivity (Wildman–Crippen MR) is 53.1 cm³/mol. The molecule has 1 heterocycles. The summed E-state index contributed by atoms with van der Waals surface area (Å²) >= 11 is 0. The molecule has 1 aliphatic carbocycles. The summed E-state index contributed by atoms with van der Waals surface area (Å²) in [4.78, 5) is 4.10. The van der Waals surface area contributed by atoms with Gasteiger partial charge in [0.25, 0.3) is 0 Å². The number of hydrogen-bond donors (Lipinski definition) is 1. The van der Waals surface area contributed by atoms with E-state index in [2.05, 4.69) is 24.9 Å². The largest absolute Gasteiger partial charge is 0.321 e. The molecule has 0 atom stereocenters. The maximum atomic E-state index is 6.26. The highest BCUT2D eigenvalue weighted by Crippen LogP contribution is 2.51. The van der Waals surface area contributed by atoms with Crippen molar-refractivity contribution in [2.75, 3.05) is 0 Å². The molecule has 1 aromatic rings. The Morgan fingerprint density at radius 1 is 1.38 bits per heavy atom. The summed E-state index contributed by atoms with van der Waals surface area (Å²) in [6, 6.07) is 4.03. The number of nitrogens with two attached hydrogens (primary N) is 1. The number of aromatic nitrogens is 1. The SMILES string of the molecule is CC1(C)CC(N)(c2cccnc2)C1. The maximum Gasteiger partial charge on any atom is 0.0435 e. The first-order valence-corrected chi connectivity index (χ1v) is 4.71. The molecule has 0 amide bonds. The predicted octanol–water partition coefficient (Wildman–Crippen LogP) is 2.06. The number of hydrogen-bond acceptors (Lipinski definition) is 2. The standard InChI is InChI=1S/C11H16N2/c1-10(2)7-11(12,8-10)9-4-3-5-13-6-9/h3-6H,7-8,12H2,1-2H3. The van der Waals surface area contributed by atoms with Crippen molar-refractivity contribution in [2.45, 2.75) is 32.2 Å². The lowest BCUT2D eigenvalue weighted by atomic mass is 9.57. The van der Waals surface area contributed by atoms with Gasteiger partial charge in [0.2, 0.25) is 0 Å². The summed E-state index contributed by atoms with van der Waals surface area (Å²) < 4.78 is 0. The average Bonchev–Trinajstić information content (AvgIpc) is 2.02. The van der Waals surface area contributed by atoms with E-state index in [-0.39, 0.29) is 5.54 Å². The van der Waals surface area contributed by atoms with Gasteiger partial charge in [-0.3, -0.25) is 4.98 Å². The fraction of sp³-hybridized carbons (Fsp3) is 0.545. The van der Waals surface area contributed by atoms with E-state index in [0.29, 0.717) is 5.41 Å². The van der Waals surface area contributed by atoms with Crippen molar-refractivity contribution in [3.8, 4) is 0 Å². The zero-order valence-corrected chi connectivity index (χ0v) is 8.25. The van der Waals surface area contributed by atoms with Crippen LogP contribution in [0.4, 0.5) is 0 Å².